The number of allylic oxidation sites excluding steroid dienone is 1. The zero-order valence-corrected chi connectivity index (χ0v) is 6.33. The molecule has 1 atom stereocenters. The summed E-state index contributed by atoms with van der Waals surface area (Å²) in [7, 11) is 0. The van der Waals surface area contributed by atoms with Crippen molar-refractivity contribution in [1.82, 2.24) is 15.2 Å². The molecule has 1 heterocycles. The molecule has 1 aromatic heterocycles. The van der Waals surface area contributed by atoms with E-state index in [2.05, 4.69) is 21.8 Å². The molecular weight excluding hydrogens is 140 g/mol. The summed E-state index contributed by atoms with van der Waals surface area (Å²) in [5, 5.41) is 6.43. The summed E-state index contributed by atoms with van der Waals surface area (Å²) in [6.45, 7) is 3.61. The third-order valence-corrected chi connectivity index (χ3v) is 1.47. The molecule has 1 aromatic rings. The van der Waals surface area contributed by atoms with E-state index in [1.807, 2.05) is 6.08 Å². The number of nitrogens with one attached hydrogen (secondary N) is 1. The summed E-state index contributed by atoms with van der Waals surface area (Å²) in [5.74, 6) is 0.742. The number of hydrogen-bond donors (Lipinski definition) is 2. The van der Waals surface area contributed by atoms with E-state index in [0.717, 1.165) is 18.7 Å². The molecule has 60 valence electrons. The lowest BCUT2D eigenvalue weighted by Gasteiger charge is -2.04. The van der Waals surface area contributed by atoms with Crippen molar-refractivity contribution in [3.8, 4) is 0 Å². The maximum Gasteiger partial charge on any atom is 0.141 e. The van der Waals surface area contributed by atoms with Gasteiger partial charge in [0.1, 0.15) is 12.2 Å². The fourth-order valence-corrected chi connectivity index (χ4v) is 0.828. The van der Waals surface area contributed by atoms with Crippen LogP contribution in [0.5, 0.6) is 0 Å². The van der Waals surface area contributed by atoms with Gasteiger partial charge in [0, 0.05) is 0 Å². The lowest BCUT2D eigenvalue weighted by atomic mass is 10.1. The minimum absolute atomic E-state index is 0.0458. The zero-order chi connectivity index (χ0) is 8.10. The highest BCUT2D eigenvalue weighted by Gasteiger charge is 2.06. The summed E-state index contributed by atoms with van der Waals surface area (Å²) >= 11 is 0. The Balaban J connectivity index is 2.42. The van der Waals surface area contributed by atoms with Crippen LogP contribution in [0.3, 0.4) is 0 Å². The fourth-order valence-electron chi connectivity index (χ4n) is 0.828. The van der Waals surface area contributed by atoms with Crippen molar-refractivity contribution >= 4 is 0 Å². The van der Waals surface area contributed by atoms with Crippen molar-refractivity contribution in [1.29, 1.82) is 0 Å². The van der Waals surface area contributed by atoms with Gasteiger partial charge in [-0.2, -0.15) is 5.10 Å². The number of aromatic nitrogens is 3. The highest BCUT2D eigenvalue weighted by molar-refractivity contribution is 4.90. The summed E-state index contributed by atoms with van der Waals surface area (Å²) in [6, 6.07) is -0.0458. The molecule has 0 fully saturated rings. The van der Waals surface area contributed by atoms with E-state index in [0.29, 0.717) is 0 Å². The summed E-state index contributed by atoms with van der Waals surface area (Å²) in [6.07, 6.45) is 5.07. The van der Waals surface area contributed by atoms with Crippen LogP contribution in [0.1, 0.15) is 24.7 Å². The number of aromatic amines is 1. The van der Waals surface area contributed by atoms with Crippen molar-refractivity contribution < 1.29 is 0 Å². The van der Waals surface area contributed by atoms with Crippen LogP contribution in [0, 0.1) is 0 Å². The van der Waals surface area contributed by atoms with Gasteiger partial charge in [-0.05, 0) is 12.8 Å². The number of rotatable bonds is 4. The molecular formula is C7H12N4. The summed E-state index contributed by atoms with van der Waals surface area (Å²) in [4.78, 5) is 3.94. The van der Waals surface area contributed by atoms with Crippen molar-refractivity contribution in [2.75, 3.05) is 0 Å². The third-order valence-electron chi connectivity index (χ3n) is 1.47. The first kappa shape index (κ1) is 7.94. The maximum atomic E-state index is 5.74. The Bertz CT molecular complexity index is 204. The SMILES string of the molecule is C=CCCC(N)c1ncn[nH]1. The number of H-pyrrole nitrogens is 1. The average Bonchev–Trinajstić information content (AvgIpc) is 2.52. The van der Waals surface area contributed by atoms with Gasteiger partial charge in [-0.1, -0.05) is 6.08 Å². The minimum atomic E-state index is -0.0458. The second-order valence-electron chi connectivity index (χ2n) is 2.34. The molecule has 0 bridgehead atoms. The molecule has 0 spiro atoms. The van der Waals surface area contributed by atoms with Crippen LogP contribution >= 0.6 is 0 Å². The fraction of sp³-hybridized carbons (Fsp3) is 0.429. The van der Waals surface area contributed by atoms with Crippen molar-refractivity contribution in [2.45, 2.75) is 18.9 Å². The van der Waals surface area contributed by atoms with E-state index >= 15 is 0 Å². The molecule has 4 heteroatoms. The lowest BCUT2D eigenvalue weighted by Crippen LogP contribution is -2.11. The van der Waals surface area contributed by atoms with Crippen LogP contribution in [0.2, 0.25) is 0 Å². The van der Waals surface area contributed by atoms with E-state index in [1.165, 1.54) is 6.33 Å². The minimum Gasteiger partial charge on any atom is -0.321 e. The molecule has 0 aromatic carbocycles. The largest absolute Gasteiger partial charge is 0.321 e. The number of nitrogens with two attached hydrogens (primary N) is 1. The molecule has 0 saturated carbocycles. The molecule has 0 saturated heterocycles. The Morgan fingerprint density at radius 1 is 1.82 bits per heavy atom. The Morgan fingerprint density at radius 3 is 3.18 bits per heavy atom. The Hall–Kier alpha value is -1.16. The van der Waals surface area contributed by atoms with Crippen LogP contribution in [0.25, 0.3) is 0 Å². The molecule has 0 aliphatic heterocycles. The van der Waals surface area contributed by atoms with Gasteiger partial charge in [0.2, 0.25) is 0 Å². The van der Waals surface area contributed by atoms with Crippen LogP contribution in [-0.4, -0.2) is 15.2 Å². The van der Waals surface area contributed by atoms with Gasteiger partial charge in [-0.3, -0.25) is 5.10 Å². The van der Waals surface area contributed by atoms with Gasteiger partial charge in [0.25, 0.3) is 0 Å². The molecule has 0 aliphatic carbocycles. The normalized spacial score (nSPS) is 12.8. The molecule has 1 rings (SSSR count). The smallest absolute Gasteiger partial charge is 0.141 e. The van der Waals surface area contributed by atoms with Crippen LogP contribution in [-0.2, 0) is 0 Å². The maximum absolute atomic E-state index is 5.74. The third kappa shape index (κ3) is 2.16. The first-order valence-corrected chi connectivity index (χ1v) is 3.56. The molecule has 1 unspecified atom stereocenters. The first-order valence-electron chi connectivity index (χ1n) is 3.56. The Kier molecular flexibility index (Phi) is 2.80. The van der Waals surface area contributed by atoms with Crippen molar-refractivity contribution in [2.24, 2.45) is 5.73 Å². The predicted octanol–water partition coefficient (Wildman–Crippen LogP) is 0.771. The predicted molar refractivity (Wildman–Crippen MR) is 42.7 cm³/mol. The van der Waals surface area contributed by atoms with E-state index in [4.69, 9.17) is 5.73 Å². The van der Waals surface area contributed by atoms with Crippen LogP contribution in [0.4, 0.5) is 0 Å². The molecule has 3 N–H and O–H groups in total. The van der Waals surface area contributed by atoms with Crippen LogP contribution < -0.4 is 5.73 Å². The van der Waals surface area contributed by atoms with Gasteiger partial charge in [0.05, 0.1) is 6.04 Å². The molecule has 0 aliphatic rings. The quantitative estimate of drug-likeness (QED) is 0.626. The molecule has 0 amide bonds. The lowest BCUT2D eigenvalue weighted by molar-refractivity contribution is 0.623. The molecule has 11 heavy (non-hydrogen) atoms. The average molecular weight is 152 g/mol. The van der Waals surface area contributed by atoms with Crippen molar-refractivity contribution in [3.63, 3.8) is 0 Å². The van der Waals surface area contributed by atoms with Gasteiger partial charge in [0.15, 0.2) is 0 Å². The summed E-state index contributed by atoms with van der Waals surface area (Å²) < 4.78 is 0. The van der Waals surface area contributed by atoms with Gasteiger partial charge < -0.3 is 5.73 Å². The van der Waals surface area contributed by atoms with Crippen LogP contribution in [0.15, 0.2) is 19.0 Å². The second kappa shape index (κ2) is 3.88. The van der Waals surface area contributed by atoms with E-state index < -0.39 is 0 Å². The number of nitrogens with zero attached hydrogens (tertiary/aromatic N) is 2. The number of hydrogen-bond acceptors (Lipinski definition) is 3. The monoisotopic (exact) mass is 152 g/mol. The zero-order valence-electron chi connectivity index (χ0n) is 6.33. The van der Waals surface area contributed by atoms with Gasteiger partial charge >= 0.3 is 0 Å². The van der Waals surface area contributed by atoms with Gasteiger partial charge in [-0.25, -0.2) is 4.98 Å². The molecule has 0 radical (unpaired) electrons. The Labute approximate surface area is 65.5 Å². The second-order valence-corrected chi connectivity index (χ2v) is 2.34. The van der Waals surface area contributed by atoms with E-state index in [-0.39, 0.29) is 6.04 Å². The molecule has 4 nitrogen and oxygen atoms in total. The standard InChI is InChI=1S/C7H12N4/c1-2-3-4-6(8)7-9-5-10-11-7/h2,5-6H,1,3-4,8H2,(H,9,10,11). The van der Waals surface area contributed by atoms with E-state index in [1.54, 1.807) is 0 Å². The highest BCUT2D eigenvalue weighted by Crippen LogP contribution is 2.09. The van der Waals surface area contributed by atoms with E-state index in [9.17, 15) is 0 Å². The summed E-state index contributed by atoms with van der Waals surface area (Å²) in [5.41, 5.74) is 5.74. The Morgan fingerprint density at radius 2 is 2.64 bits per heavy atom. The topological polar surface area (TPSA) is 67.6 Å². The first-order chi connectivity index (χ1) is 5.34. The van der Waals surface area contributed by atoms with Gasteiger partial charge in [-0.15, -0.1) is 6.58 Å². The van der Waals surface area contributed by atoms with Crippen molar-refractivity contribution in [3.05, 3.63) is 24.8 Å². The highest BCUT2D eigenvalue weighted by atomic mass is 15.2.